The van der Waals surface area contributed by atoms with E-state index in [4.69, 9.17) is 5.73 Å². The van der Waals surface area contributed by atoms with Crippen LogP contribution in [0.5, 0.6) is 0 Å². The van der Waals surface area contributed by atoms with Gasteiger partial charge in [-0.3, -0.25) is 14.2 Å². The Morgan fingerprint density at radius 3 is 2.90 bits per heavy atom. The van der Waals surface area contributed by atoms with Crippen LogP contribution in [-0.4, -0.2) is 32.6 Å². The highest BCUT2D eigenvalue weighted by Gasteiger charge is 2.26. The minimum atomic E-state index is -0.516. The van der Waals surface area contributed by atoms with Crippen LogP contribution in [0.25, 0.3) is 5.69 Å². The lowest BCUT2D eigenvalue weighted by molar-refractivity contribution is 0.0787. The Labute approximate surface area is 119 Å². The molecule has 1 aromatic carbocycles. The molecule has 2 N–H and O–H groups in total. The number of para-hydroxylation sites is 1. The molecule has 0 spiro atoms. The van der Waals surface area contributed by atoms with Gasteiger partial charge in [-0.1, -0.05) is 12.1 Å². The van der Waals surface area contributed by atoms with Crippen LogP contribution in [-0.2, 0) is 6.54 Å². The van der Waals surface area contributed by atoms with Crippen molar-refractivity contribution in [3.63, 3.8) is 0 Å². The Hall–Kier alpha value is -2.28. The number of primary amides is 1. The van der Waals surface area contributed by atoms with Crippen LogP contribution in [0.4, 0.5) is 4.79 Å². The highest BCUT2D eigenvalue weighted by molar-refractivity contribution is 8.13. The molecule has 0 saturated carbocycles. The van der Waals surface area contributed by atoms with E-state index in [-0.39, 0.29) is 5.91 Å². The minimum absolute atomic E-state index is 0.0562. The fraction of sp³-hybridized carbons (Fsp3) is 0.154. The largest absolute Gasteiger partial charge is 0.360 e. The number of carbonyl (C=O) groups excluding carboxylic acids is 2. The van der Waals surface area contributed by atoms with E-state index in [1.807, 2.05) is 22.8 Å². The Morgan fingerprint density at radius 2 is 2.15 bits per heavy atom. The van der Waals surface area contributed by atoms with Gasteiger partial charge in [-0.25, -0.2) is 4.98 Å². The molecule has 0 bridgehead atoms. The third-order valence-electron chi connectivity index (χ3n) is 3.15. The smallest absolute Gasteiger partial charge is 0.282 e. The number of carbonyl (C=O) groups is 2. The van der Waals surface area contributed by atoms with Gasteiger partial charge in [0.05, 0.1) is 23.5 Å². The van der Waals surface area contributed by atoms with Gasteiger partial charge < -0.3 is 10.6 Å². The highest BCUT2D eigenvalue weighted by atomic mass is 32.2. The van der Waals surface area contributed by atoms with Crippen molar-refractivity contribution in [2.45, 2.75) is 11.6 Å². The van der Waals surface area contributed by atoms with Crippen molar-refractivity contribution >= 4 is 22.9 Å². The van der Waals surface area contributed by atoms with Gasteiger partial charge in [-0.05, 0) is 23.9 Å². The van der Waals surface area contributed by atoms with Crippen LogP contribution < -0.4 is 5.73 Å². The van der Waals surface area contributed by atoms with Crippen molar-refractivity contribution < 1.29 is 9.59 Å². The predicted octanol–water partition coefficient (Wildman–Crippen LogP) is 1.63. The Morgan fingerprint density at radius 1 is 1.40 bits per heavy atom. The molecule has 0 saturated heterocycles. The van der Waals surface area contributed by atoms with E-state index in [0.29, 0.717) is 17.1 Å². The molecule has 7 heteroatoms. The van der Waals surface area contributed by atoms with Gasteiger partial charge in [0.25, 0.3) is 11.1 Å². The number of thioether (sulfide) groups is 1. The Kier molecular flexibility index (Phi) is 2.98. The van der Waals surface area contributed by atoms with Crippen LogP contribution >= 0.6 is 11.8 Å². The van der Waals surface area contributed by atoms with Crippen molar-refractivity contribution in [3.05, 3.63) is 41.9 Å². The molecule has 102 valence electrons. The van der Waals surface area contributed by atoms with Crippen LogP contribution in [0.15, 0.2) is 35.6 Å². The molecule has 0 fully saturated rings. The first kappa shape index (κ1) is 12.7. The monoisotopic (exact) mass is 288 g/mol. The Bertz CT molecular complexity index is 710. The average Bonchev–Trinajstić information content (AvgIpc) is 2.75. The van der Waals surface area contributed by atoms with Gasteiger partial charge in [0.15, 0.2) is 0 Å². The van der Waals surface area contributed by atoms with Crippen LogP contribution in [0.2, 0.25) is 0 Å². The second kappa shape index (κ2) is 4.68. The van der Waals surface area contributed by atoms with Crippen molar-refractivity contribution in [2.75, 3.05) is 7.05 Å². The number of amides is 2. The lowest BCUT2D eigenvalue weighted by Crippen LogP contribution is -2.25. The standard InChI is InChI=1S/C13H12N4O2S/c1-16-6-10-11(20-13(14)19)15-7-17(10)9-5-3-2-4-8(9)12(16)18/h2-5,7H,6H2,1H3,(H2,14,19). The number of benzene rings is 1. The molecule has 0 unspecified atom stereocenters. The maximum Gasteiger partial charge on any atom is 0.282 e. The average molecular weight is 288 g/mol. The second-order valence-electron chi connectivity index (χ2n) is 4.47. The molecule has 2 aromatic rings. The second-order valence-corrected chi connectivity index (χ2v) is 5.46. The molecule has 3 rings (SSSR count). The van der Waals surface area contributed by atoms with Crippen LogP contribution in [0, 0.1) is 0 Å². The maximum absolute atomic E-state index is 12.3. The summed E-state index contributed by atoms with van der Waals surface area (Å²) in [6.07, 6.45) is 1.62. The van der Waals surface area contributed by atoms with Gasteiger partial charge in [0.1, 0.15) is 11.4 Å². The molecule has 0 aliphatic carbocycles. The number of aromatic nitrogens is 2. The Balaban J connectivity index is 2.20. The first-order valence-electron chi connectivity index (χ1n) is 5.96. The van der Waals surface area contributed by atoms with Crippen LogP contribution in [0.3, 0.4) is 0 Å². The molecule has 2 heterocycles. The number of nitrogens with zero attached hydrogens (tertiary/aromatic N) is 3. The summed E-state index contributed by atoms with van der Waals surface area (Å²) in [6, 6.07) is 7.33. The first-order valence-corrected chi connectivity index (χ1v) is 6.78. The first-order chi connectivity index (χ1) is 9.58. The zero-order valence-corrected chi connectivity index (χ0v) is 11.6. The highest BCUT2D eigenvalue weighted by Crippen LogP contribution is 2.29. The van der Waals surface area contributed by atoms with E-state index in [2.05, 4.69) is 4.98 Å². The summed E-state index contributed by atoms with van der Waals surface area (Å²) in [4.78, 5) is 29.2. The normalized spacial score (nSPS) is 13.7. The lowest BCUT2D eigenvalue weighted by Gasteiger charge is -2.14. The SMILES string of the molecule is CN1Cc2c(SC(N)=O)ncn2-c2ccccc2C1=O. The molecule has 1 aromatic heterocycles. The van der Waals surface area contributed by atoms with E-state index in [9.17, 15) is 9.59 Å². The minimum Gasteiger partial charge on any atom is -0.360 e. The zero-order chi connectivity index (χ0) is 14.3. The number of fused-ring (bicyclic) bond motifs is 3. The van der Waals surface area contributed by atoms with Crippen LogP contribution in [0.1, 0.15) is 16.1 Å². The third-order valence-corrected chi connectivity index (χ3v) is 3.89. The molecule has 0 radical (unpaired) electrons. The quantitative estimate of drug-likeness (QED) is 0.809. The third kappa shape index (κ3) is 1.96. The topological polar surface area (TPSA) is 81.2 Å². The number of hydrogen-bond acceptors (Lipinski definition) is 4. The summed E-state index contributed by atoms with van der Waals surface area (Å²) >= 11 is 0.876. The molecular weight excluding hydrogens is 276 g/mol. The van der Waals surface area contributed by atoms with Crippen molar-refractivity contribution in [3.8, 4) is 5.69 Å². The van der Waals surface area contributed by atoms with Crippen molar-refractivity contribution in [1.82, 2.24) is 14.5 Å². The maximum atomic E-state index is 12.3. The summed E-state index contributed by atoms with van der Waals surface area (Å²) in [5.74, 6) is -0.0562. The summed E-state index contributed by atoms with van der Waals surface area (Å²) in [6.45, 7) is 0.378. The molecule has 0 atom stereocenters. The number of rotatable bonds is 1. The molecule has 1 aliphatic heterocycles. The zero-order valence-electron chi connectivity index (χ0n) is 10.7. The van der Waals surface area contributed by atoms with Gasteiger partial charge in [-0.2, -0.15) is 0 Å². The van der Waals surface area contributed by atoms with Gasteiger partial charge in [-0.15, -0.1) is 0 Å². The number of nitrogens with two attached hydrogens (primary N) is 1. The summed E-state index contributed by atoms with van der Waals surface area (Å²) in [5, 5.41) is 0.0202. The van der Waals surface area contributed by atoms with Gasteiger partial charge in [0.2, 0.25) is 0 Å². The molecule has 1 aliphatic rings. The van der Waals surface area contributed by atoms with Gasteiger partial charge in [0, 0.05) is 7.05 Å². The summed E-state index contributed by atoms with van der Waals surface area (Å²) < 4.78 is 1.84. The molecule has 2 amide bonds. The van der Waals surface area contributed by atoms with E-state index in [1.54, 1.807) is 24.3 Å². The van der Waals surface area contributed by atoms with E-state index in [1.165, 1.54) is 0 Å². The molecule has 6 nitrogen and oxygen atoms in total. The van der Waals surface area contributed by atoms with E-state index < -0.39 is 5.24 Å². The number of hydrogen-bond donors (Lipinski definition) is 1. The fourth-order valence-corrected chi connectivity index (χ4v) is 2.83. The molecular formula is C13H12N4O2S. The summed E-state index contributed by atoms with van der Waals surface area (Å²) in [7, 11) is 1.72. The number of imidazole rings is 1. The predicted molar refractivity (Wildman–Crippen MR) is 74.8 cm³/mol. The van der Waals surface area contributed by atoms with E-state index >= 15 is 0 Å². The van der Waals surface area contributed by atoms with Crippen molar-refractivity contribution in [1.29, 1.82) is 0 Å². The van der Waals surface area contributed by atoms with Crippen molar-refractivity contribution in [2.24, 2.45) is 5.73 Å². The van der Waals surface area contributed by atoms with E-state index in [0.717, 1.165) is 23.1 Å². The summed E-state index contributed by atoms with van der Waals surface area (Å²) in [5.41, 5.74) is 7.37. The fourth-order valence-electron chi connectivity index (χ4n) is 2.26. The molecule has 20 heavy (non-hydrogen) atoms. The lowest BCUT2D eigenvalue weighted by atomic mass is 10.1. The van der Waals surface area contributed by atoms with Gasteiger partial charge >= 0.3 is 0 Å².